The molecule has 0 unspecified atom stereocenters. The van der Waals surface area contributed by atoms with Crippen molar-refractivity contribution in [3.63, 3.8) is 0 Å². The van der Waals surface area contributed by atoms with E-state index in [1.165, 1.54) is 21.6 Å². The molecule has 2 aromatic carbocycles. The van der Waals surface area contributed by atoms with Crippen LogP contribution in [0.25, 0.3) is 11.3 Å². The second kappa shape index (κ2) is 6.59. The molecular formula is C19H17NS. The zero-order chi connectivity index (χ0) is 14.5. The number of thioether (sulfide) groups is 1. The molecule has 0 bridgehead atoms. The summed E-state index contributed by atoms with van der Waals surface area (Å²) in [4.78, 5) is 5.78. The van der Waals surface area contributed by atoms with E-state index in [1.807, 2.05) is 30.1 Å². The molecule has 104 valence electrons. The minimum Gasteiger partial charge on any atom is -0.256 e. The van der Waals surface area contributed by atoms with Crippen molar-refractivity contribution in [3.8, 4) is 11.3 Å². The van der Waals surface area contributed by atoms with Gasteiger partial charge in [-0.15, -0.1) is 11.8 Å². The zero-order valence-corrected chi connectivity index (χ0v) is 12.8. The highest BCUT2D eigenvalue weighted by atomic mass is 32.2. The van der Waals surface area contributed by atoms with Crippen molar-refractivity contribution in [2.75, 3.05) is 0 Å². The molecule has 0 aliphatic rings. The van der Waals surface area contributed by atoms with Crippen molar-refractivity contribution < 1.29 is 0 Å². The average Bonchev–Trinajstić information content (AvgIpc) is 2.56. The van der Waals surface area contributed by atoms with Crippen molar-refractivity contribution in [3.05, 3.63) is 84.1 Å². The molecule has 0 amide bonds. The Balaban J connectivity index is 1.84. The lowest BCUT2D eigenvalue weighted by Gasteiger charge is -2.10. The van der Waals surface area contributed by atoms with Gasteiger partial charge < -0.3 is 0 Å². The van der Waals surface area contributed by atoms with E-state index in [0.29, 0.717) is 0 Å². The third-order valence-corrected chi connectivity index (χ3v) is 4.69. The van der Waals surface area contributed by atoms with Crippen LogP contribution in [0.2, 0.25) is 0 Å². The number of hydrogen-bond acceptors (Lipinski definition) is 2. The minimum absolute atomic E-state index is 0.993. The Morgan fingerprint density at radius 1 is 0.857 bits per heavy atom. The fourth-order valence-electron chi connectivity index (χ4n) is 2.31. The molecule has 0 aliphatic carbocycles. The summed E-state index contributed by atoms with van der Waals surface area (Å²) in [6.45, 7) is 2.18. The first-order valence-corrected chi connectivity index (χ1v) is 8.01. The van der Waals surface area contributed by atoms with E-state index in [0.717, 1.165) is 11.4 Å². The number of nitrogens with zero attached hydrogens (tertiary/aromatic N) is 1. The highest BCUT2D eigenvalue weighted by Gasteiger charge is 2.07. The van der Waals surface area contributed by atoms with Crippen LogP contribution < -0.4 is 0 Å². The second-order valence-corrected chi connectivity index (χ2v) is 5.94. The highest BCUT2D eigenvalue weighted by Crippen LogP contribution is 2.31. The van der Waals surface area contributed by atoms with Gasteiger partial charge in [0, 0.05) is 22.4 Å². The monoisotopic (exact) mass is 291 g/mol. The summed E-state index contributed by atoms with van der Waals surface area (Å²) in [5.74, 6) is 0.993. The molecule has 0 spiro atoms. The molecule has 3 rings (SSSR count). The van der Waals surface area contributed by atoms with Crippen LogP contribution in [0.3, 0.4) is 0 Å². The van der Waals surface area contributed by atoms with Gasteiger partial charge in [0.15, 0.2) is 0 Å². The second-order valence-electron chi connectivity index (χ2n) is 4.92. The van der Waals surface area contributed by atoms with Crippen LogP contribution in [0.4, 0.5) is 0 Å². The van der Waals surface area contributed by atoms with Crippen molar-refractivity contribution in [2.45, 2.75) is 17.6 Å². The summed E-state index contributed by atoms with van der Waals surface area (Å²) in [7, 11) is 0. The van der Waals surface area contributed by atoms with E-state index < -0.39 is 0 Å². The molecule has 1 aromatic heterocycles. The number of hydrogen-bond donors (Lipinski definition) is 0. The number of aromatic nitrogens is 1. The maximum Gasteiger partial charge on any atom is 0.0705 e. The summed E-state index contributed by atoms with van der Waals surface area (Å²) in [6.07, 6.45) is 1.85. The Kier molecular flexibility index (Phi) is 4.37. The van der Waals surface area contributed by atoms with Gasteiger partial charge in [0.1, 0.15) is 0 Å². The molecule has 1 heterocycles. The van der Waals surface area contributed by atoms with E-state index in [9.17, 15) is 0 Å². The molecule has 0 aliphatic heterocycles. The minimum atomic E-state index is 0.993. The SMILES string of the molecule is Cc1c(SCc2ccccc2)cccc1-c1ccccn1. The highest BCUT2D eigenvalue weighted by molar-refractivity contribution is 7.98. The Morgan fingerprint density at radius 3 is 2.43 bits per heavy atom. The maximum absolute atomic E-state index is 4.46. The maximum atomic E-state index is 4.46. The molecule has 0 radical (unpaired) electrons. The van der Waals surface area contributed by atoms with Gasteiger partial charge >= 0.3 is 0 Å². The molecule has 2 heteroatoms. The van der Waals surface area contributed by atoms with E-state index in [1.54, 1.807) is 0 Å². The summed E-state index contributed by atoms with van der Waals surface area (Å²) in [5.41, 5.74) is 4.91. The first-order chi connectivity index (χ1) is 10.3. The van der Waals surface area contributed by atoms with Crippen LogP contribution in [0.15, 0.2) is 77.8 Å². The van der Waals surface area contributed by atoms with Gasteiger partial charge in [-0.25, -0.2) is 0 Å². The molecule has 0 saturated carbocycles. The van der Waals surface area contributed by atoms with Crippen molar-refractivity contribution in [1.29, 1.82) is 0 Å². The molecule has 0 saturated heterocycles. The van der Waals surface area contributed by atoms with Gasteiger partial charge in [-0.3, -0.25) is 4.98 Å². The predicted octanol–water partition coefficient (Wildman–Crippen LogP) is 5.35. The summed E-state index contributed by atoms with van der Waals surface area (Å²) in [6, 6.07) is 23.1. The molecular weight excluding hydrogens is 274 g/mol. The first kappa shape index (κ1) is 13.9. The summed E-state index contributed by atoms with van der Waals surface area (Å²) < 4.78 is 0. The van der Waals surface area contributed by atoms with E-state index in [-0.39, 0.29) is 0 Å². The van der Waals surface area contributed by atoms with Gasteiger partial charge in [0.05, 0.1) is 5.69 Å². The molecule has 21 heavy (non-hydrogen) atoms. The van der Waals surface area contributed by atoms with Crippen LogP contribution in [-0.2, 0) is 5.75 Å². The van der Waals surface area contributed by atoms with Crippen LogP contribution in [0.1, 0.15) is 11.1 Å². The van der Waals surface area contributed by atoms with Crippen molar-refractivity contribution in [1.82, 2.24) is 4.98 Å². The Hall–Kier alpha value is -2.06. The number of benzene rings is 2. The Labute approximate surface area is 130 Å². The standard InChI is InChI=1S/C19H17NS/c1-15-17(18-11-5-6-13-20-18)10-7-12-19(15)21-14-16-8-3-2-4-9-16/h2-13H,14H2,1H3. The third kappa shape index (κ3) is 3.34. The lowest BCUT2D eigenvalue weighted by Crippen LogP contribution is -1.89. The van der Waals surface area contributed by atoms with Crippen LogP contribution in [0, 0.1) is 6.92 Å². The van der Waals surface area contributed by atoms with Crippen LogP contribution in [0.5, 0.6) is 0 Å². The topological polar surface area (TPSA) is 12.9 Å². The van der Waals surface area contributed by atoms with E-state index >= 15 is 0 Å². The Bertz CT molecular complexity index is 708. The summed E-state index contributed by atoms with van der Waals surface area (Å²) >= 11 is 1.88. The summed E-state index contributed by atoms with van der Waals surface area (Å²) in [5, 5.41) is 0. The molecule has 3 aromatic rings. The van der Waals surface area contributed by atoms with Gasteiger partial charge in [-0.05, 0) is 36.2 Å². The first-order valence-electron chi connectivity index (χ1n) is 7.02. The van der Waals surface area contributed by atoms with Gasteiger partial charge in [-0.1, -0.05) is 48.5 Å². The van der Waals surface area contributed by atoms with Crippen LogP contribution >= 0.6 is 11.8 Å². The van der Waals surface area contributed by atoms with E-state index in [2.05, 4.69) is 66.5 Å². The van der Waals surface area contributed by atoms with Crippen LogP contribution in [-0.4, -0.2) is 4.98 Å². The molecule has 1 nitrogen and oxygen atoms in total. The van der Waals surface area contributed by atoms with Gasteiger partial charge in [-0.2, -0.15) is 0 Å². The largest absolute Gasteiger partial charge is 0.256 e. The van der Waals surface area contributed by atoms with E-state index in [4.69, 9.17) is 0 Å². The fourth-order valence-corrected chi connectivity index (χ4v) is 3.32. The number of pyridine rings is 1. The third-order valence-electron chi connectivity index (χ3n) is 3.46. The molecule has 0 fully saturated rings. The lowest BCUT2D eigenvalue weighted by molar-refractivity contribution is 1.25. The average molecular weight is 291 g/mol. The number of rotatable bonds is 4. The van der Waals surface area contributed by atoms with Gasteiger partial charge in [0.25, 0.3) is 0 Å². The van der Waals surface area contributed by atoms with Gasteiger partial charge in [0.2, 0.25) is 0 Å². The molecule has 0 N–H and O–H groups in total. The fraction of sp³-hybridized carbons (Fsp3) is 0.105. The van der Waals surface area contributed by atoms with Crippen molar-refractivity contribution in [2.24, 2.45) is 0 Å². The predicted molar refractivity (Wildman–Crippen MR) is 90.4 cm³/mol. The normalized spacial score (nSPS) is 10.5. The lowest BCUT2D eigenvalue weighted by atomic mass is 10.1. The Morgan fingerprint density at radius 2 is 1.67 bits per heavy atom. The quantitative estimate of drug-likeness (QED) is 0.601. The molecule has 0 atom stereocenters. The van der Waals surface area contributed by atoms with Crippen molar-refractivity contribution >= 4 is 11.8 Å². The zero-order valence-electron chi connectivity index (χ0n) is 12.0. The smallest absolute Gasteiger partial charge is 0.0705 e.